The van der Waals surface area contributed by atoms with E-state index in [9.17, 15) is 0 Å². The standard InChI is InChI=1S/C18H16Cl2N4O2S/c1-25-16-8-13(9-22-24-11-21-23-18(24)27-2)7-15(20)17(16)26-10-12-3-5-14(19)6-4-12/h3-9,11H,10H2,1-2H3/b22-9-. The summed E-state index contributed by atoms with van der Waals surface area (Å²) >= 11 is 13.8. The van der Waals surface area contributed by atoms with E-state index in [1.807, 2.05) is 30.5 Å². The van der Waals surface area contributed by atoms with Gasteiger partial charge in [-0.15, -0.1) is 10.2 Å². The minimum Gasteiger partial charge on any atom is -0.493 e. The zero-order chi connectivity index (χ0) is 19.2. The lowest BCUT2D eigenvalue weighted by molar-refractivity contribution is 0.284. The van der Waals surface area contributed by atoms with Crippen molar-refractivity contribution in [1.29, 1.82) is 0 Å². The first kappa shape index (κ1) is 19.5. The highest BCUT2D eigenvalue weighted by Crippen LogP contribution is 2.36. The lowest BCUT2D eigenvalue weighted by Gasteiger charge is -2.13. The van der Waals surface area contributed by atoms with Crippen LogP contribution in [0.1, 0.15) is 11.1 Å². The third-order valence-corrected chi connectivity index (χ3v) is 4.73. The molecule has 0 bridgehead atoms. The molecular formula is C18H16Cl2N4O2S. The SMILES string of the molecule is COc1cc(/C=N\n2cnnc2SC)cc(Cl)c1OCc1ccc(Cl)cc1. The van der Waals surface area contributed by atoms with Crippen LogP contribution in [0.4, 0.5) is 0 Å². The van der Waals surface area contributed by atoms with Gasteiger partial charge in [-0.05, 0) is 41.6 Å². The lowest BCUT2D eigenvalue weighted by Crippen LogP contribution is -2.00. The summed E-state index contributed by atoms with van der Waals surface area (Å²) in [5.41, 5.74) is 1.73. The van der Waals surface area contributed by atoms with Crippen LogP contribution < -0.4 is 9.47 Å². The fourth-order valence-corrected chi connectivity index (χ4v) is 3.06. The topological polar surface area (TPSA) is 61.5 Å². The van der Waals surface area contributed by atoms with Crippen LogP contribution in [0, 0.1) is 0 Å². The number of hydrogen-bond donors (Lipinski definition) is 0. The maximum atomic E-state index is 6.40. The maximum Gasteiger partial charge on any atom is 0.211 e. The Morgan fingerprint density at radius 3 is 2.70 bits per heavy atom. The van der Waals surface area contributed by atoms with Crippen molar-refractivity contribution in [3.05, 3.63) is 63.9 Å². The van der Waals surface area contributed by atoms with Gasteiger partial charge < -0.3 is 9.47 Å². The molecule has 3 aromatic rings. The fraction of sp³-hybridized carbons (Fsp3) is 0.167. The Hall–Kier alpha value is -2.22. The van der Waals surface area contributed by atoms with Crippen LogP contribution in [0.3, 0.4) is 0 Å². The van der Waals surface area contributed by atoms with Crippen molar-refractivity contribution in [2.75, 3.05) is 13.4 Å². The summed E-state index contributed by atoms with van der Waals surface area (Å²) in [4.78, 5) is 0. The summed E-state index contributed by atoms with van der Waals surface area (Å²) in [6.07, 6.45) is 5.09. The molecule has 9 heteroatoms. The van der Waals surface area contributed by atoms with Crippen LogP contribution in [0.25, 0.3) is 0 Å². The summed E-state index contributed by atoms with van der Waals surface area (Å²) in [6.45, 7) is 0.346. The van der Waals surface area contributed by atoms with Gasteiger partial charge in [-0.25, -0.2) is 0 Å². The second-order valence-corrected chi connectivity index (χ2v) is 6.97. The molecule has 0 aliphatic heterocycles. The predicted molar refractivity (Wildman–Crippen MR) is 109 cm³/mol. The van der Waals surface area contributed by atoms with E-state index in [0.29, 0.717) is 33.3 Å². The highest BCUT2D eigenvalue weighted by molar-refractivity contribution is 7.98. The first-order valence-electron chi connectivity index (χ1n) is 7.84. The quantitative estimate of drug-likeness (QED) is 0.405. The molecule has 0 fully saturated rings. The van der Waals surface area contributed by atoms with Crippen LogP contribution in [0.5, 0.6) is 11.5 Å². The normalized spacial score (nSPS) is 11.1. The second kappa shape index (κ2) is 9.12. The summed E-state index contributed by atoms with van der Waals surface area (Å²) < 4.78 is 12.9. The Labute approximate surface area is 171 Å². The monoisotopic (exact) mass is 422 g/mol. The maximum absolute atomic E-state index is 6.40. The van der Waals surface area contributed by atoms with Gasteiger partial charge in [0.2, 0.25) is 5.16 Å². The van der Waals surface area contributed by atoms with Gasteiger partial charge in [0, 0.05) is 5.02 Å². The molecule has 0 spiro atoms. The largest absolute Gasteiger partial charge is 0.493 e. The molecule has 1 heterocycles. The molecule has 140 valence electrons. The summed E-state index contributed by atoms with van der Waals surface area (Å²) in [5.74, 6) is 0.993. The minimum atomic E-state index is 0.346. The van der Waals surface area contributed by atoms with E-state index in [2.05, 4.69) is 15.3 Å². The van der Waals surface area contributed by atoms with Crippen LogP contribution in [-0.4, -0.2) is 34.5 Å². The summed E-state index contributed by atoms with van der Waals surface area (Å²) in [6, 6.07) is 11.0. The number of nitrogens with zero attached hydrogens (tertiary/aromatic N) is 4. The van der Waals surface area contributed by atoms with Gasteiger partial charge in [-0.2, -0.15) is 9.78 Å². The second-order valence-electron chi connectivity index (χ2n) is 5.36. The smallest absolute Gasteiger partial charge is 0.211 e. The van der Waals surface area contributed by atoms with Gasteiger partial charge in [-0.1, -0.05) is 47.1 Å². The molecule has 0 atom stereocenters. The third kappa shape index (κ3) is 4.94. The Morgan fingerprint density at radius 2 is 2.00 bits per heavy atom. The average molecular weight is 423 g/mol. The Morgan fingerprint density at radius 1 is 1.22 bits per heavy atom. The number of methoxy groups -OCH3 is 1. The zero-order valence-electron chi connectivity index (χ0n) is 14.6. The number of ether oxygens (including phenoxy) is 2. The number of thioether (sulfide) groups is 1. The van der Waals surface area contributed by atoms with Gasteiger partial charge in [0.1, 0.15) is 12.9 Å². The van der Waals surface area contributed by atoms with Crippen LogP contribution in [0.15, 0.2) is 53.0 Å². The Balaban J connectivity index is 1.79. The molecule has 6 nitrogen and oxygen atoms in total. The predicted octanol–water partition coefficient (Wildman–Crippen LogP) is 4.78. The molecular weight excluding hydrogens is 407 g/mol. The Kier molecular flexibility index (Phi) is 6.60. The number of benzene rings is 2. The zero-order valence-corrected chi connectivity index (χ0v) is 16.9. The Bertz CT molecular complexity index is 945. The van der Waals surface area contributed by atoms with Crippen LogP contribution in [-0.2, 0) is 6.61 Å². The molecule has 0 aliphatic rings. The number of aromatic nitrogens is 3. The van der Waals surface area contributed by atoms with E-state index in [1.165, 1.54) is 18.1 Å². The molecule has 0 saturated carbocycles. The first-order chi connectivity index (χ1) is 13.1. The van der Waals surface area contributed by atoms with Crippen molar-refractivity contribution in [2.45, 2.75) is 11.8 Å². The number of halogens is 2. The van der Waals surface area contributed by atoms with Crippen molar-refractivity contribution in [3.63, 3.8) is 0 Å². The summed E-state index contributed by atoms with van der Waals surface area (Å²) in [5, 5.41) is 13.9. The van der Waals surface area contributed by atoms with Crippen molar-refractivity contribution in [2.24, 2.45) is 5.10 Å². The van der Waals surface area contributed by atoms with Gasteiger partial charge in [0.25, 0.3) is 0 Å². The van der Waals surface area contributed by atoms with Crippen LogP contribution >= 0.6 is 35.0 Å². The van der Waals surface area contributed by atoms with E-state index in [0.717, 1.165) is 11.1 Å². The average Bonchev–Trinajstić information content (AvgIpc) is 3.14. The first-order valence-corrected chi connectivity index (χ1v) is 9.82. The molecule has 2 aromatic carbocycles. The fourth-order valence-electron chi connectivity index (χ4n) is 2.25. The highest BCUT2D eigenvalue weighted by Gasteiger charge is 2.12. The third-order valence-electron chi connectivity index (χ3n) is 3.56. The molecule has 0 N–H and O–H groups in total. The van der Waals surface area contributed by atoms with Crippen molar-refractivity contribution in [1.82, 2.24) is 14.9 Å². The van der Waals surface area contributed by atoms with E-state index >= 15 is 0 Å². The molecule has 0 radical (unpaired) electrons. The lowest BCUT2D eigenvalue weighted by atomic mass is 10.2. The molecule has 0 saturated heterocycles. The molecule has 0 unspecified atom stereocenters. The van der Waals surface area contributed by atoms with Gasteiger partial charge in [-0.3, -0.25) is 0 Å². The van der Waals surface area contributed by atoms with Crippen LogP contribution in [0.2, 0.25) is 10.0 Å². The van der Waals surface area contributed by atoms with E-state index in [4.69, 9.17) is 32.7 Å². The molecule has 0 aliphatic carbocycles. The van der Waals surface area contributed by atoms with E-state index < -0.39 is 0 Å². The molecule has 3 rings (SSSR count). The van der Waals surface area contributed by atoms with Gasteiger partial charge in [0.15, 0.2) is 11.5 Å². The van der Waals surface area contributed by atoms with Crippen molar-refractivity contribution in [3.8, 4) is 11.5 Å². The molecule has 27 heavy (non-hydrogen) atoms. The summed E-state index contributed by atoms with van der Waals surface area (Å²) in [7, 11) is 1.56. The molecule has 0 amide bonds. The number of hydrogen-bond acceptors (Lipinski definition) is 6. The van der Waals surface area contributed by atoms with Crippen molar-refractivity contribution >= 4 is 41.2 Å². The molecule has 1 aromatic heterocycles. The van der Waals surface area contributed by atoms with Gasteiger partial charge in [0.05, 0.1) is 18.3 Å². The minimum absolute atomic E-state index is 0.346. The van der Waals surface area contributed by atoms with E-state index in [1.54, 1.807) is 30.1 Å². The van der Waals surface area contributed by atoms with Crippen molar-refractivity contribution < 1.29 is 9.47 Å². The number of rotatable bonds is 7. The van der Waals surface area contributed by atoms with E-state index in [-0.39, 0.29) is 0 Å². The van der Waals surface area contributed by atoms with Gasteiger partial charge >= 0.3 is 0 Å². The highest BCUT2D eigenvalue weighted by atomic mass is 35.5.